The molecule has 0 spiro atoms. The number of aliphatic carboxylic acids is 1. The monoisotopic (exact) mass is 494 g/mol. The van der Waals surface area contributed by atoms with Crippen molar-refractivity contribution in [1.82, 2.24) is 3.82 Å². The second-order valence-corrected chi connectivity index (χ2v) is 9.97. The Kier molecular flexibility index (Phi) is 7.06. The maximum Gasteiger partial charge on any atom is 0.328 e. The van der Waals surface area contributed by atoms with Gasteiger partial charge in [0.25, 0.3) is 10.0 Å². The smallest absolute Gasteiger partial charge is 0.328 e. The highest BCUT2D eigenvalue weighted by Crippen LogP contribution is 2.33. The lowest BCUT2D eigenvalue weighted by molar-refractivity contribution is -0.131. The summed E-state index contributed by atoms with van der Waals surface area (Å²) in [6, 6.07) is 23.7. The highest BCUT2D eigenvalue weighted by atomic mass is 32.3. The number of para-hydroxylation sites is 1. The molecule has 9 heteroatoms. The molecular weight excluding hydrogens is 472 g/mol. The van der Waals surface area contributed by atoms with Gasteiger partial charge in [-0.25, -0.2) is 13.2 Å². The van der Waals surface area contributed by atoms with E-state index in [2.05, 4.69) is 12.8 Å². The first-order valence-corrected chi connectivity index (χ1v) is 12.2. The number of anilines is 1. The van der Waals surface area contributed by atoms with E-state index in [1.807, 2.05) is 54.6 Å². The SMILES string of the molecule is O=C(O)/C=C/c1ccc(COc2ccc(/C=C3/CN(c4ccccc4)N(S)S3(=O)=O)cc2)cc1. The molecule has 174 valence electrons. The fourth-order valence-electron chi connectivity index (χ4n) is 3.34. The quantitative estimate of drug-likeness (QED) is 0.368. The molecule has 0 aliphatic carbocycles. The van der Waals surface area contributed by atoms with Crippen LogP contribution in [0.4, 0.5) is 5.69 Å². The van der Waals surface area contributed by atoms with Crippen LogP contribution >= 0.6 is 12.8 Å². The number of sulfonamides is 1. The van der Waals surface area contributed by atoms with Gasteiger partial charge in [0.2, 0.25) is 0 Å². The van der Waals surface area contributed by atoms with Crippen LogP contribution in [0.15, 0.2) is 89.8 Å². The first kappa shape index (κ1) is 23.6. The number of hydrazine groups is 1. The molecule has 34 heavy (non-hydrogen) atoms. The number of hydrogen-bond donors (Lipinski definition) is 2. The number of carbonyl (C=O) groups is 1. The van der Waals surface area contributed by atoms with Gasteiger partial charge in [-0.15, -0.1) is 0 Å². The summed E-state index contributed by atoms with van der Waals surface area (Å²) in [5.74, 6) is -0.346. The van der Waals surface area contributed by atoms with Gasteiger partial charge < -0.3 is 9.84 Å². The van der Waals surface area contributed by atoms with Gasteiger partial charge in [0.05, 0.1) is 17.1 Å². The van der Waals surface area contributed by atoms with Crippen molar-refractivity contribution in [2.75, 3.05) is 11.6 Å². The zero-order chi connectivity index (χ0) is 24.1. The number of thiol groups is 1. The van der Waals surface area contributed by atoms with Gasteiger partial charge in [-0.1, -0.05) is 71.2 Å². The Morgan fingerprint density at radius 3 is 2.26 bits per heavy atom. The molecule has 4 rings (SSSR count). The molecule has 1 saturated heterocycles. The molecule has 0 amide bonds. The molecule has 0 bridgehead atoms. The summed E-state index contributed by atoms with van der Waals surface area (Å²) < 4.78 is 32.3. The lowest BCUT2D eigenvalue weighted by Crippen LogP contribution is -2.30. The summed E-state index contributed by atoms with van der Waals surface area (Å²) in [6.45, 7) is 0.532. The summed E-state index contributed by atoms with van der Waals surface area (Å²) in [4.78, 5) is 10.8. The van der Waals surface area contributed by atoms with Crippen molar-refractivity contribution < 1.29 is 23.1 Å². The van der Waals surface area contributed by atoms with Crippen LogP contribution in [0.3, 0.4) is 0 Å². The molecule has 0 aromatic heterocycles. The van der Waals surface area contributed by atoms with E-state index in [9.17, 15) is 13.2 Å². The Hall–Kier alpha value is -3.53. The molecule has 3 aromatic carbocycles. The molecule has 3 aromatic rings. The summed E-state index contributed by atoms with van der Waals surface area (Å²) in [7, 11) is -3.71. The molecule has 1 N–H and O–H groups in total. The Morgan fingerprint density at radius 1 is 0.971 bits per heavy atom. The van der Waals surface area contributed by atoms with E-state index in [1.165, 1.54) is 6.08 Å². The number of benzene rings is 3. The van der Waals surface area contributed by atoms with Crippen molar-refractivity contribution in [1.29, 1.82) is 0 Å². The van der Waals surface area contributed by atoms with E-state index in [0.717, 1.165) is 32.3 Å². The third-order valence-electron chi connectivity index (χ3n) is 5.12. The van der Waals surface area contributed by atoms with Crippen LogP contribution in [-0.2, 0) is 21.4 Å². The normalized spacial score (nSPS) is 16.9. The minimum absolute atomic E-state index is 0.186. The van der Waals surface area contributed by atoms with E-state index in [4.69, 9.17) is 9.84 Å². The van der Waals surface area contributed by atoms with Gasteiger partial charge in [0.1, 0.15) is 12.4 Å². The van der Waals surface area contributed by atoms with Crippen molar-refractivity contribution in [2.24, 2.45) is 0 Å². The third kappa shape index (κ3) is 5.51. The number of carboxylic acid groups (broad SMARTS) is 1. The van der Waals surface area contributed by atoms with Crippen LogP contribution in [0.2, 0.25) is 0 Å². The van der Waals surface area contributed by atoms with Crippen molar-refractivity contribution in [3.63, 3.8) is 0 Å². The highest BCUT2D eigenvalue weighted by molar-refractivity contribution is 8.02. The van der Waals surface area contributed by atoms with Crippen molar-refractivity contribution >= 4 is 46.6 Å². The van der Waals surface area contributed by atoms with Gasteiger partial charge in [0, 0.05) is 6.08 Å². The number of nitrogens with zero attached hydrogens (tertiary/aromatic N) is 2. The zero-order valence-electron chi connectivity index (χ0n) is 18.0. The van der Waals surface area contributed by atoms with Crippen LogP contribution in [0, 0.1) is 0 Å². The maximum absolute atomic E-state index is 12.8. The van der Waals surface area contributed by atoms with Crippen molar-refractivity contribution in [2.45, 2.75) is 6.61 Å². The fraction of sp³-hybridized carbons (Fsp3) is 0.0800. The molecule has 1 heterocycles. The number of hydrogen-bond acceptors (Lipinski definition) is 6. The highest BCUT2D eigenvalue weighted by Gasteiger charge is 2.38. The van der Waals surface area contributed by atoms with Crippen LogP contribution in [-0.4, -0.2) is 29.9 Å². The van der Waals surface area contributed by atoms with E-state index < -0.39 is 16.0 Å². The molecule has 0 unspecified atom stereocenters. The van der Waals surface area contributed by atoms with Crippen LogP contribution in [0.25, 0.3) is 12.2 Å². The summed E-state index contributed by atoms with van der Waals surface area (Å²) in [5.41, 5.74) is 3.19. The standard InChI is InChI=1S/C25H22N2O5S2/c28-25(29)15-12-19-6-8-21(9-7-19)18-32-23-13-10-20(11-14-23)16-24-17-26(27(33)34(24,30)31)22-4-2-1-3-5-22/h1-16,33H,17-18H2,(H,28,29)/b15-12+,24-16-. The first-order chi connectivity index (χ1) is 16.3. The maximum atomic E-state index is 12.8. The Balaban J connectivity index is 1.41. The molecule has 0 atom stereocenters. The summed E-state index contributed by atoms with van der Waals surface area (Å²) >= 11 is 4.19. The van der Waals surface area contributed by atoms with Gasteiger partial charge in [0.15, 0.2) is 0 Å². The second-order valence-electron chi connectivity index (χ2n) is 7.50. The van der Waals surface area contributed by atoms with Crippen molar-refractivity contribution in [3.05, 3.63) is 107 Å². The van der Waals surface area contributed by atoms with Crippen LogP contribution < -0.4 is 9.75 Å². The van der Waals surface area contributed by atoms with E-state index in [0.29, 0.717) is 12.4 Å². The predicted molar refractivity (Wildman–Crippen MR) is 135 cm³/mol. The average Bonchev–Trinajstić information content (AvgIpc) is 3.07. The number of rotatable bonds is 7. The first-order valence-electron chi connectivity index (χ1n) is 10.3. The Morgan fingerprint density at radius 2 is 1.62 bits per heavy atom. The van der Waals surface area contributed by atoms with Gasteiger partial charge in [-0.3, -0.25) is 5.01 Å². The topological polar surface area (TPSA) is 87.2 Å². The minimum atomic E-state index is -3.71. The van der Waals surface area contributed by atoms with E-state index in [-0.39, 0.29) is 11.4 Å². The van der Waals surface area contributed by atoms with Crippen LogP contribution in [0.5, 0.6) is 5.75 Å². The third-order valence-corrected chi connectivity index (χ3v) is 7.52. The molecule has 1 fully saturated rings. The number of ether oxygens (including phenoxy) is 1. The lowest BCUT2D eigenvalue weighted by atomic mass is 10.1. The van der Waals surface area contributed by atoms with Gasteiger partial charge in [-0.2, -0.15) is 0 Å². The molecule has 7 nitrogen and oxygen atoms in total. The predicted octanol–water partition coefficient (Wildman–Crippen LogP) is 4.62. The Labute approximate surface area is 203 Å². The van der Waals surface area contributed by atoms with E-state index in [1.54, 1.807) is 35.4 Å². The molecular formula is C25H22N2O5S2. The minimum Gasteiger partial charge on any atom is -0.489 e. The lowest BCUT2D eigenvalue weighted by Gasteiger charge is -2.21. The fourth-order valence-corrected chi connectivity index (χ4v) is 5.01. The molecule has 0 radical (unpaired) electrons. The zero-order valence-corrected chi connectivity index (χ0v) is 19.7. The Bertz CT molecular complexity index is 1320. The summed E-state index contributed by atoms with van der Waals surface area (Å²) in [5, 5.41) is 10.3. The number of carboxylic acids is 1. The van der Waals surface area contributed by atoms with Gasteiger partial charge in [-0.05, 0) is 53.1 Å². The van der Waals surface area contributed by atoms with Gasteiger partial charge >= 0.3 is 5.97 Å². The van der Waals surface area contributed by atoms with E-state index >= 15 is 0 Å². The second kappa shape index (κ2) is 10.2. The van der Waals surface area contributed by atoms with Crippen molar-refractivity contribution in [3.8, 4) is 5.75 Å². The largest absolute Gasteiger partial charge is 0.489 e. The molecule has 1 aliphatic heterocycles. The average molecular weight is 495 g/mol. The molecule has 0 saturated carbocycles. The van der Waals surface area contributed by atoms with Crippen LogP contribution in [0.1, 0.15) is 16.7 Å². The summed E-state index contributed by atoms with van der Waals surface area (Å²) in [6.07, 6.45) is 4.25. The molecule has 1 aliphatic rings.